The van der Waals surface area contributed by atoms with Crippen LogP contribution in [0, 0.1) is 0 Å². The molecule has 0 saturated carbocycles. The number of hydrogen-bond donors (Lipinski definition) is 4. The Morgan fingerprint density at radius 3 is 2.17 bits per heavy atom. The van der Waals surface area contributed by atoms with Gasteiger partial charge in [-0.05, 0) is 79.2 Å². The van der Waals surface area contributed by atoms with Crippen molar-refractivity contribution < 1.29 is 24.3 Å². The van der Waals surface area contributed by atoms with Gasteiger partial charge in [0.2, 0.25) is 5.91 Å². The summed E-state index contributed by atoms with van der Waals surface area (Å²) in [4.78, 5) is 50.7. The van der Waals surface area contributed by atoms with Crippen molar-refractivity contribution in [1.82, 2.24) is 5.32 Å². The molecule has 4 N–H and O–H groups in total. The smallest absolute Gasteiger partial charge is 0.335 e. The highest BCUT2D eigenvalue weighted by atomic mass is 35.5. The Kier molecular flexibility index (Phi) is 10.1. The van der Waals surface area contributed by atoms with Crippen molar-refractivity contribution in [1.29, 1.82) is 0 Å². The van der Waals surface area contributed by atoms with Gasteiger partial charge in [-0.15, -0.1) is 11.8 Å². The number of benzene rings is 4. The molecule has 0 bridgehead atoms. The second-order valence-corrected chi connectivity index (χ2v) is 10.8. The van der Waals surface area contributed by atoms with E-state index >= 15 is 0 Å². The lowest BCUT2D eigenvalue weighted by Gasteiger charge is -2.14. The van der Waals surface area contributed by atoms with Gasteiger partial charge in [-0.1, -0.05) is 54.1 Å². The largest absolute Gasteiger partial charge is 0.478 e. The average molecular weight is 600 g/mol. The molecule has 1 unspecified atom stereocenters. The van der Waals surface area contributed by atoms with Gasteiger partial charge in [0.15, 0.2) is 0 Å². The number of carbonyl (C=O) groups is 4. The molecule has 0 spiro atoms. The molecular formula is C32H26ClN3O5S. The lowest BCUT2D eigenvalue weighted by atomic mass is 10.1. The van der Waals surface area contributed by atoms with Gasteiger partial charge in [-0.25, -0.2) is 4.79 Å². The highest BCUT2D eigenvalue weighted by Crippen LogP contribution is 2.27. The summed E-state index contributed by atoms with van der Waals surface area (Å²) >= 11 is 7.59. The third-order valence-corrected chi connectivity index (χ3v) is 7.35. The van der Waals surface area contributed by atoms with Crippen molar-refractivity contribution in [2.24, 2.45) is 0 Å². The van der Waals surface area contributed by atoms with Crippen molar-refractivity contribution in [3.05, 3.63) is 131 Å². The topological polar surface area (TPSA) is 125 Å². The van der Waals surface area contributed by atoms with E-state index in [-0.39, 0.29) is 17.2 Å². The van der Waals surface area contributed by atoms with Gasteiger partial charge in [-0.3, -0.25) is 14.4 Å². The Bertz CT molecular complexity index is 1640. The molecule has 4 aromatic carbocycles. The summed E-state index contributed by atoms with van der Waals surface area (Å²) < 4.78 is 0. The highest BCUT2D eigenvalue weighted by Gasteiger charge is 2.18. The molecule has 4 aromatic rings. The lowest BCUT2D eigenvalue weighted by molar-refractivity contribution is -0.115. The second-order valence-electron chi connectivity index (χ2n) is 9.01. The van der Waals surface area contributed by atoms with Crippen LogP contribution < -0.4 is 16.0 Å². The van der Waals surface area contributed by atoms with Gasteiger partial charge in [0.25, 0.3) is 11.8 Å². The molecule has 10 heteroatoms. The number of rotatable bonds is 10. The molecule has 42 heavy (non-hydrogen) atoms. The molecule has 0 radical (unpaired) electrons. The van der Waals surface area contributed by atoms with Crippen LogP contribution in [0.5, 0.6) is 0 Å². The van der Waals surface area contributed by atoms with E-state index in [0.29, 0.717) is 27.5 Å². The van der Waals surface area contributed by atoms with E-state index in [4.69, 9.17) is 16.7 Å². The van der Waals surface area contributed by atoms with Crippen LogP contribution in [-0.4, -0.2) is 34.0 Å². The Hall–Kier alpha value is -4.86. The van der Waals surface area contributed by atoms with Crippen LogP contribution in [0.2, 0.25) is 5.02 Å². The van der Waals surface area contributed by atoms with E-state index in [1.807, 2.05) is 6.07 Å². The predicted octanol–water partition coefficient (Wildman–Crippen LogP) is 6.57. The summed E-state index contributed by atoms with van der Waals surface area (Å²) in [6, 6.07) is 28.3. The molecule has 8 nitrogen and oxygen atoms in total. The quantitative estimate of drug-likeness (QED) is 0.121. The lowest BCUT2D eigenvalue weighted by Crippen LogP contribution is -2.30. The summed E-state index contributed by atoms with van der Waals surface area (Å²) in [5.74, 6) is -2.33. The number of anilines is 2. The number of thioether (sulfide) groups is 1. The summed E-state index contributed by atoms with van der Waals surface area (Å²) in [6.07, 6.45) is 1.51. The maximum absolute atomic E-state index is 13.4. The van der Waals surface area contributed by atoms with Crippen molar-refractivity contribution >= 4 is 64.5 Å². The molecule has 0 aliphatic rings. The minimum absolute atomic E-state index is 0.00308. The molecule has 0 aliphatic carbocycles. The number of halogens is 1. The molecule has 4 rings (SSSR count). The molecule has 3 amide bonds. The van der Waals surface area contributed by atoms with Crippen LogP contribution >= 0.6 is 23.4 Å². The number of carbonyl (C=O) groups excluding carboxylic acids is 3. The Balaban J connectivity index is 1.46. The average Bonchev–Trinajstić information content (AvgIpc) is 2.98. The first-order valence-corrected chi connectivity index (χ1v) is 14.0. The molecule has 1 atom stereocenters. The summed E-state index contributed by atoms with van der Waals surface area (Å²) in [5.41, 5.74) is 2.00. The molecule has 0 saturated heterocycles. The molecular weight excluding hydrogens is 574 g/mol. The van der Waals surface area contributed by atoms with E-state index in [1.165, 1.54) is 42.1 Å². The van der Waals surface area contributed by atoms with Gasteiger partial charge in [0.1, 0.15) is 5.70 Å². The zero-order chi connectivity index (χ0) is 30.1. The minimum Gasteiger partial charge on any atom is -0.478 e. The van der Waals surface area contributed by atoms with E-state index in [1.54, 1.807) is 79.7 Å². The molecule has 0 aliphatic heterocycles. The molecule has 212 valence electrons. The third-order valence-electron chi connectivity index (χ3n) is 5.91. The maximum atomic E-state index is 13.4. The first kappa shape index (κ1) is 30.1. The number of aromatic carboxylic acids is 1. The third kappa shape index (κ3) is 8.33. The van der Waals surface area contributed by atoms with Crippen LogP contribution in [0.4, 0.5) is 11.4 Å². The number of amides is 3. The standard InChI is InChI=1S/C32H26ClN3O5S/c1-20(29(37)34-24-16-14-22(15-17-24)32(40)41)42-26-12-7-11-25(19-26)35-31(39)28(18-23-10-5-6-13-27(23)33)36-30(38)21-8-3-2-4-9-21/h2-20H,1H3,(H,34,37)(H,35,39)(H,36,38)(H,40,41)/b28-18+. The first-order valence-electron chi connectivity index (χ1n) is 12.7. The fraction of sp³-hybridized carbons (Fsp3) is 0.0625. The van der Waals surface area contributed by atoms with Gasteiger partial charge in [0, 0.05) is 26.9 Å². The summed E-state index contributed by atoms with van der Waals surface area (Å²) in [6.45, 7) is 1.74. The van der Waals surface area contributed by atoms with Crippen molar-refractivity contribution in [2.45, 2.75) is 17.1 Å². The molecule has 0 heterocycles. The fourth-order valence-corrected chi connectivity index (χ4v) is 4.85. The Labute approximate surface area is 251 Å². The maximum Gasteiger partial charge on any atom is 0.335 e. The second kappa shape index (κ2) is 14.2. The van der Waals surface area contributed by atoms with Crippen LogP contribution in [0.15, 0.2) is 114 Å². The molecule has 0 aromatic heterocycles. The van der Waals surface area contributed by atoms with Gasteiger partial charge in [-0.2, -0.15) is 0 Å². The van der Waals surface area contributed by atoms with Gasteiger partial charge in [0.05, 0.1) is 10.8 Å². The van der Waals surface area contributed by atoms with Crippen LogP contribution in [0.1, 0.15) is 33.2 Å². The fourth-order valence-electron chi connectivity index (χ4n) is 3.73. The van der Waals surface area contributed by atoms with Crippen molar-refractivity contribution in [3.63, 3.8) is 0 Å². The van der Waals surface area contributed by atoms with Crippen molar-refractivity contribution in [2.75, 3.05) is 10.6 Å². The zero-order valence-electron chi connectivity index (χ0n) is 22.3. The number of carboxylic acids is 1. The first-order chi connectivity index (χ1) is 20.2. The van der Waals surface area contributed by atoms with Crippen LogP contribution in [0.3, 0.4) is 0 Å². The highest BCUT2D eigenvalue weighted by molar-refractivity contribution is 8.00. The molecule has 0 fully saturated rings. The number of carboxylic acid groups (broad SMARTS) is 1. The number of hydrogen-bond acceptors (Lipinski definition) is 5. The number of nitrogens with one attached hydrogen (secondary N) is 3. The van der Waals surface area contributed by atoms with Crippen molar-refractivity contribution in [3.8, 4) is 0 Å². The summed E-state index contributed by atoms with van der Waals surface area (Å²) in [5, 5.41) is 17.2. The monoisotopic (exact) mass is 599 g/mol. The van der Waals surface area contributed by atoms with E-state index in [2.05, 4.69) is 16.0 Å². The van der Waals surface area contributed by atoms with E-state index in [0.717, 1.165) is 4.90 Å². The Morgan fingerprint density at radius 2 is 1.48 bits per heavy atom. The van der Waals surface area contributed by atoms with Gasteiger partial charge < -0.3 is 21.1 Å². The predicted molar refractivity (Wildman–Crippen MR) is 166 cm³/mol. The normalized spacial score (nSPS) is 11.7. The van der Waals surface area contributed by atoms with Gasteiger partial charge >= 0.3 is 5.97 Å². The zero-order valence-corrected chi connectivity index (χ0v) is 23.9. The minimum atomic E-state index is -1.05. The van der Waals surface area contributed by atoms with Crippen LogP contribution in [-0.2, 0) is 9.59 Å². The van der Waals surface area contributed by atoms with Crippen LogP contribution in [0.25, 0.3) is 6.08 Å². The Morgan fingerprint density at radius 1 is 0.786 bits per heavy atom. The summed E-state index contributed by atoms with van der Waals surface area (Å²) in [7, 11) is 0. The van der Waals surface area contributed by atoms with E-state index < -0.39 is 23.0 Å². The SMILES string of the molecule is CC(Sc1cccc(NC(=O)/C(=C\c2ccccc2Cl)NC(=O)c2ccccc2)c1)C(=O)Nc1ccc(C(=O)O)cc1. The van der Waals surface area contributed by atoms with E-state index in [9.17, 15) is 19.2 Å².